The zero-order chi connectivity index (χ0) is 18.4. The number of hydrogen-bond donors (Lipinski definition) is 3. The maximum absolute atomic E-state index is 12.9. The number of benzene rings is 1. The Morgan fingerprint density at radius 1 is 1.00 bits per heavy atom. The van der Waals surface area contributed by atoms with E-state index >= 15 is 0 Å². The minimum Gasteiger partial charge on any atom is -0.459 e. The lowest BCUT2D eigenvalue weighted by atomic mass is 10.0. The second-order valence-corrected chi connectivity index (χ2v) is 5.62. The summed E-state index contributed by atoms with van der Waals surface area (Å²) in [6.07, 6.45) is 1.33. The second kappa shape index (κ2) is 8.09. The predicted molar refractivity (Wildman–Crippen MR) is 86.8 cm³/mol. The molecule has 0 unspecified atom stereocenters. The first-order valence-electron chi connectivity index (χ1n) is 7.58. The first-order valence-corrected chi connectivity index (χ1v) is 7.58. The molecule has 8 heteroatoms. The minimum absolute atomic E-state index is 0.0387. The van der Waals surface area contributed by atoms with E-state index in [2.05, 4.69) is 16.2 Å². The van der Waals surface area contributed by atoms with Gasteiger partial charge in [-0.2, -0.15) is 0 Å². The van der Waals surface area contributed by atoms with E-state index in [0.29, 0.717) is 0 Å². The van der Waals surface area contributed by atoms with Gasteiger partial charge in [-0.1, -0.05) is 13.8 Å². The fourth-order valence-corrected chi connectivity index (χ4v) is 2.03. The number of hydrogen-bond acceptors (Lipinski definition) is 4. The summed E-state index contributed by atoms with van der Waals surface area (Å²) in [5.41, 5.74) is 4.67. The molecule has 1 aromatic heterocycles. The summed E-state index contributed by atoms with van der Waals surface area (Å²) in [4.78, 5) is 36.2. The van der Waals surface area contributed by atoms with Gasteiger partial charge in [0.1, 0.15) is 11.9 Å². The van der Waals surface area contributed by atoms with Crippen LogP contribution in [0.4, 0.5) is 4.39 Å². The van der Waals surface area contributed by atoms with Gasteiger partial charge in [-0.3, -0.25) is 25.2 Å². The zero-order valence-corrected chi connectivity index (χ0v) is 13.7. The monoisotopic (exact) mass is 347 g/mol. The minimum atomic E-state index is -0.894. The van der Waals surface area contributed by atoms with Crippen LogP contribution < -0.4 is 16.2 Å². The molecule has 132 valence electrons. The molecule has 1 heterocycles. The van der Waals surface area contributed by atoms with Gasteiger partial charge in [0, 0.05) is 5.56 Å². The van der Waals surface area contributed by atoms with Gasteiger partial charge in [-0.15, -0.1) is 0 Å². The number of hydrazine groups is 1. The molecule has 2 aromatic rings. The average molecular weight is 347 g/mol. The summed E-state index contributed by atoms with van der Waals surface area (Å²) in [7, 11) is 0. The molecule has 0 aliphatic rings. The van der Waals surface area contributed by atoms with Gasteiger partial charge in [0.2, 0.25) is 0 Å². The molecule has 0 fully saturated rings. The summed E-state index contributed by atoms with van der Waals surface area (Å²) in [6, 6.07) is 7.03. The molecule has 0 radical (unpaired) electrons. The predicted octanol–water partition coefficient (Wildman–Crippen LogP) is 1.63. The highest BCUT2D eigenvalue weighted by Gasteiger charge is 2.25. The molecular formula is C17H18FN3O4. The van der Waals surface area contributed by atoms with E-state index in [1.807, 2.05) is 0 Å². The van der Waals surface area contributed by atoms with Crippen molar-refractivity contribution in [2.24, 2.45) is 5.92 Å². The van der Waals surface area contributed by atoms with Crippen LogP contribution in [0, 0.1) is 11.7 Å². The van der Waals surface area contributed by atoms with E-state index in [9.17, 15) is 18.8 Å². The molecular weight excluding hydrogens is 329 g/mol. The van der Waals surface area contributed by atoms with Crippen molar-refractivity contribution in [1.82, 2.24) is 16.2 Å². The molecule has 7 nitrogen and oxygen atoms in total. The maximum atomic E-state index is 12.9. The van der Waals surface area contributed by atoms with Gasteiger partial charge in [0.05, 0.1) is 6.26 Å². The summed E-state index contributed by atoms with van der Waals surface area (Å²) < 4.78 is 17.8. The molecule has 1 aromatic carbocycles. The van der Waals surface area contributed by atoms with Crippen LogP contribution in [0.5, 0.6) is 0 Å². The number of rotatable bonds is 5. The summed E-state index contributed by atoms with van der Waals surface area (Å²) in [5, 5.41) is 2.56. The van der Waals surface area contributed by atoms with E-state index in [-0.39, 0.29) is 17.2 Å². The van der Waals surface area contributed by atoms with E-state index in [1.54, 1.807) is 13.8 Å². The molecule has 25 heavy (non-hydrogen) atoms. The van der Waals surface area contributed by atoms with Gasteiger partial charge in [0.25, 0.3) is 11.8 Å². The highest BCUT2D eigenvalue weighted by Crippen LogP contribution is 2.07. The smallest absolute Gasteiger partial charge is 0.305 e. The Bertz CT molecular complexity index is 742. The van der Waals surface area contributed by atoms with Gasteiger partial charge in [0.15, 0.2) is 5.76 Å². The number of furan rings is 1. The first kappa shape index (κ1) is 18.2. The van der Waals surface area contributed by atoms with Crippen LogP contribution in [-0.4, -0.2) is 23.8 Å². The number of carbonyl (C=O) groups is 3. The third-order valence-corrected chi connectivity index (χ3v) is 3.39. The van der Waals surface area contributed by atoms with Gasteiger partial charge in [-0.05, 0) is 42.3 Å². The van der Waals surface area contributed by atoms with E-state index in [0.717, 1.165) is 12.1 Å². The molecule has 2 rings (SSSR count). The zero-order valence-electron chi connectivity index (χ0n) is 13.7. The molecule has 3 N–H and O–H groups in total. The van der Waals surface area contributed by atoms with Gasteiger partial charge >= 0.3 is 5.91 Å². The normalized spacial score (nSPS) is 11.7. The molecule has 0 saturated carbocycles. The van der Waals surface area contributed by atoms with Gasteiger partial charge in [-0.25, -0.2) is 4.39 Å². The van der Waals surface area contributed by atoms with Crippen molar-refractivity contribution in [1.29, 1.82) is 0 Å². The van der Waals surface area contributed by atoms with Crippen molar-refractivity contribution in [3.63, 3.8) is 0 Å². The number of amides is 3. The largest absolute Gasteiger partial charge is 0.459 e. The van der Waals surface area contributed by atoms with E-state index < -0.39 is 29.6 Å². The van der Waals surface area contributed by atoms with Crippen LogP contribution in [0.3, 0.4) is 0 Å². The first-order chi connectivity index (χ1) is 11.9. The maximum Gasteiger partial charge on any atom is 0.305 e. The van der Waals surface area contributed by atoms with E-state index in [1.165, 1.54) is 30.5 Å². The topological polar surface area (TPSA) is 100 Å². The highest BCUT2D eigenvalue weighted by molar-refractivity contribution is 5.98. The molecule has 1 atom stereocenters. The lowest BCUT2D eigenvalue weighted by Gasteiger charge is -2.21. The third kappa shape index (κ3) is 4.90. The van der Waals surface area contributed by atoms with Crippen LogP contribution in [-0.2, 0) is 4.79 Å². The average Bonchev–Trinajstić information content (AvgIpc) is 3.12. The Hall–Kier alpha value is -3.16. The molecule has 0 saturated heterocycles. The molecule has 3 amide bonds. The number of nitrogens with one attached hydrogen (secondary N) is 3. The molecule has 0 bridgehead atoms. The molecule has 0 aliphatic carbocycles. The van der Waals surface area contributed by atoms with Crippen LogP contribution in [0.2, 0.25) is 0 Å². The van der Waals surface area contributed by atoms with Crippen molar-refractivity contribution < 1.29 is 23.2 Å². The van der Waals surface area contributed by atoms with E-state index in [4.69, 9.17) is 4.42 Å². The Kier molecular flexibility index (Phi) is 5.89. The second-order valence-electron chi connectivity index (χ2n) is 5.62. The highest BCUT2D eigenvalue weighted by atomic mass is 19.1. The Balaban J connectivity index is 1.97. The number of carbonyl (C=O) groups excluding carboxylic acids is 3. The molecule has 0 aliphatic heterocycles. The summed E-state index contributed by atoms with van der Waals surface area (Å²) in [5.74, 6) is -2.40. The fraction of sp³-hybridized carbons (Fsp3) is 0.235. The SMILES string of the molecule is CC(C)[C@H](NC(=O)c1ccc(F)cc1)C(=O)NNC(=O)c1ccco1. The lowest BCUT2D eigenvalue weighted by Crippen LogP contribution is -2.54. The lowest BCUT2D eigenvalue weighted by molar-refractivity contribution is -0.124. The van der Waals surface area contributed by atoms with Crippen LogP contribution >= 0.6 is 0 Å². The Labute approximate surface area is 143 Å². The Morgan fingerprint density at radius 2 is 1.68 bits per heavy atom. The van der Waals surface area contributed by atoms with Crippen molar-refractivity contribution >= 4 is 17.7 Å². The summed E-state index contributed by atoms with van der Waals surface area (Å²) >= 11 is 0. The van der Waals surface area contributed by atoms with Crippen molar-refractivity contribution in [3.05, 3.63) is 59.8 Å². The number of halogens is 1. The van der Waals surface area contributed by atoms with Crippen LogP contribution in [0.1, 0.15) is 34.8 Å². The van der Waals surface area contributed by atoms with Gasteiger partial charge < -0.3 is 9.73 Å². The summed E-state index contributed by atoms with van der Waals surface area (Å²) in [6.45, 7) is 3.48. The molecule has 0 spiro atoms. The third-order valence-electron chi connectivity index (χ3n) is 3.39. The van der Waals surface area contributed by atoms with Crippen molar-refractivity contribution in [2.45, 2.75) is 19.9 Å². The van der Waals surface area contributed by atoms with Crippen LogP contribution in [0.15, 0.2) is 47.1 Å². The van der Waals surface area contributed by atoms with Crippen LogP contribution in [0.25, 0.3) is 0 Å². The standard InChI is InChI=1S/C17H18FN3O4/c1-10(2)14(19-15(22)11-5-7-12(18)8-6-11)17(24)21-20-16(23)13-4-3-9-25-13/h3-10,14H,1-2H3,(H,19,22)(H,20,23)(H,21,24)/t14-/m0/s1. The fourth-order valence-electron chi connectivity index (χ4n) is 2.03. The quantitative estimate of drug-likeness (QED) is 0.716. The van der Waals surface area contributed by atoms with Crippen molar-refractivity contribution in [2.75, 3.05) is 0 Å². The Morgan fingerprint density at radius 3 is 2.24 bits per heavy atom. The van der Waals surface area contributed by atoms with Crippen molar-refractivity contribution in [3.8, 4) is 0 Å².